The fourth-order valence-corrected chi connectivity index (χ4v) is 4.30. The lowest BCUT2D eigenvalue weighted by atomic mass is 9.92. The SMILES string of the molecule is NCCC(=O)N1CCC(c2nn(-c3ccc(Cl)cc3)c3c2=CC=CCCC=3)CC1. The summed E-state index contributed by atoms with van der Waals surface area (Å²) in [5.41, 5.74) is 7.69. The summed E-state index contributed by atoms with van der Waals surface area (Å²) in [7, 11) is 0. The number of nitrogens with two attached hydrogens (primary N) is 1. The zero-order valence-electron chi connectivity index (χ0n) is 16.6. The molecule has 0 spiro atoms. The second-order valence-electron chi connectivity index (χ2n) is 7.64. The highest BCUT2D eigenvalue weighted by Crippen LogP contribution is 2.25. The van der Waals surface area contributed by atoms with Crippen molar-refractivity contribution in [2.75, 3.05) is 19.6 Å². The van der Waals surface area contributed by atoms with Gasteiger partial charge < -0.3 is 10.6 Å². The van der Waals surface area contributed by atoms with Crippen molar-refractivity contribution in [3.8, 4) is 5.69 Å². The molecule has 2 aromatic rings. The summed E-state index contributed by atoms with van der Waals surface area (Å²) in [5, 5.41) is 8.12. The number of benzene rings is 1. The quantitative estimate of drug-likeness (QED) is 0.842. The van der Waals surface area contributed by atoms with Gasteiger partial charge in [-0.3, -0.25) is 4.79 Å². The van der Waals surface area contributed by atoms with Crippen molar-refractivity contribution in [1.29, 1.82) is 0 Å². The molecule has 5 nitrogen and oxygen atoms in total. The lowest BCUT2D eigenvalue weighted by molar-refractivity contribution is -0.132. The smallest absolute Gasteiger partial charge is 0.223 e. The number of piperidine rings is 1. The number of carbonyl (C=O) groups excluding carboxylic acids is 1. The van der Waals surface area contributed by atoms with Crippen LogP contribution in [0.3, 0.4) is 0 Å². The molecule has 1 fully saturated rings. The normalized spacial score (nSPS) is 17.1. The molecule has 0 radical (unpaired) electrons. The third-order valence-corrected chi connectivity index (χ3v) is 5.97. The van der Waals surface area contributed by atoms with Crippen LogP contribution in [0.25, 0.3) is 17.8 Å². The molecular formula is C23H27ClN4O. The van der Waals surface area contributed by atoms with Crippen LogP contribution in [0.4, 0.5) is 0 Å². The van der Waals surface area contributed by atoms with E-state index in [2.05, 4.69) is 24.3 Å². The Morgan fingerprint density at radius 1 is 1.17 bits per heavy atom. The summed E-state index contributed by atoms with van der Waals surface area (Å²) in [4.78, 5) is 14.1. The summed E-state index contributed by atoms with van der Waals surface area (Å²) in [6.07, 6.45) is 13.1. The first kappa shape index (κ1) is 19.9. The summed E-state index contributed by atoms with van der Waals surface area (Å²) in [6, 6.07) is 7.82. The fourth-order valence-electron chi connectivity index (χ4n) is 4.17. The molecule has 0 bridgehead atoms. The largest absolute Gasteiger partial charge is 0.343 e. The molecule has 1 aliphatic heterocycles. The maximum Gasteiger partial charge on any atom is 0.223 e. The van der Waals surface area contributed by atoms with E-state index in [9.17, 15) is 4.79 Å². The van der Waals surface area contributed by atoms with Gasteiger partial charge in [0, 0.05) is 42.2 Å². The highest BCUT2D eigenvalue weighted by atomic mass is 35.5. The molecular weight excluding hydrogens is 384 g/mol. The second kappa shape index (κ2) is 8.97. The summed E-state index contributed by atoms with van der Waals surface area (Å²) < 4.78 is 2.04. The average Bonchev–Trinajstić information content (AvgIpc) is 3.06. The van der Waals surface area contributed by atoms with Crippen molar-refractivity contribution >= 4 is 29.7 Å². The Kier molecular flexibility index (Phi) is 6.16. The number of nitrogens with zero attached hydrogens (tertiary/aromatic N) is 3. The van der Waals surface area contributed by atoms with Gasteiger partial charge >= 0.3 is 0 Å². The van der Waals surface area contributed by atoms with Crippen molar-refractivity contribution in [1.82, 2.24) is 14.7 Å². The molecule has 2 aliphatic rings. The van der Waals surface area contributed by atoms with Gasteiger partial charge in [0.1, 0.15) is 0 Å². The zero-order chi connectivity index (χ0) is 20.2. The van der Waals surface area contributed by atoms with Crippen LogP contribution < -0.4 is 16.3 Å². The number of aromatic nitrogens is 2. The highest BCUT2D eigenvalue weighted by Gasteiger charge is 2.26. The third kappa shape index (κ3) is 4.31. The second-order valence-corrected chi connectivity index (χ2v) is 8.08. The maximum absolute atomic E-state index is 12.2. The molecule has 0 atom stereocenters. The van der Waals surface area contributed by atoms with E-state index in [1.54, 1.807) is 0 Å². The molecule has 1 aromatic heterocycles. The standard InChI is InChI=1S/C23H27ClN4O/c24-18-7-9-19(10-8-18)28-21-6-4-2-1-3-5-20(21)23(26-28)17-12-15-27(16-13-17)22(29)11-14-25/h1,3,5-10,17H,2,4,11-16,25H2. The number of hydrogen-bond donors (Lipinski definition) is 1. The Labute approximate surface area is 176 Å². The van der Waals surface area contributed by atoms with Gasteiger partial charge in [0.2, 0.25) is 5.91 Å². The van der Waals surface area contributed by atoms with E-state index >= 15 is 0 Å². The average molecular weight is 411 g/mol. The lowest BCUT2D eigenvalue weighted by Crippen LogP contribution is -2.40. The predicted octanol–water partition coefficient (Wildman–Crippen LogP) is 2.49. The Balaban J connectivity index is 1.70. The Morgan fingerprint density at radius 2 is 1.93 bits per heavy atom. The fraction of sp³-hybridized carbons (Fsp3) is 0.391. The number of amides is 1. The van der Waals surface area contributed by atoms with Crippen LogP contribution >= 0.6 is 11.6 Å². The van der Waals surface area contributed by atoms with E-state index < -0.39 is 0 Å². The summed E-state index contributed by atoms with van der Waals surface area (Å²) >= 11 is 6.09. The van der Waals surface area contributed by atoms with E-state index in [4.69, 9.17) is 22.4 Å². The molecule has 1 amide bonds. The number of hydrogen-bond acceptors (Lipinski definition) is 3. The Hall–Kier alpha value is -2.37. The molecule has 0 unspecified atom stereocenters. The van der Waals surface area contributed by atoms with Crippen molar-refractivity contribution < 1.29 is 4.79 Å². The van der Waals surface area contributed by atoms with E-state index in [0.29, 0.717) is 18.9 Å². The van der Waals surface area contributed by atoms with Gasteiger partial charge in [-0.2, -0.15) is 5.10 Å². The highest BCUT2D eigenvalue weighted by molar-refractivity contribution is 6.30. The van der Waals surface area contributed by atoms with Gasteiger partial charge in [0.05, 0.1) is 16.7 Å². The van der Waals surface area contributed by atoms with Crippen LogP contribution in [0.1, 0.15) is 43.7 Å². The zero-order valence-corrected chi connectivity index (χ0v) is 17.3. The van der Waals surface area contributed by atoms with Gasteiger partial charge in [0.25, 0.3) is 0 Å². The van der Waals surface area contributed by atoms with Crippen LogP contribution in [0, 0.1) is 0 Å². The van der Waals surface area contributed by atoms with Crippen molar-refractivity contribution in [3.63, 3.8) is 0 Å². The molecule has 152 valence electrons. The van der Waals surface area contributed by atoms with Crippen LogP contribution in [-0.2, 0) is 4.79 Å². The third-order valence-electron chi connectivity index (χ3n) is 5.72. The molecule has 2 heterocycles. The molecule has 1 aromatic carbocycles. The van der Waals surface area contributed by atoms with Crippen LogP contribution in [-0.4, -0.2) is 40.2 Å². The minimum Gasteiger partial charge on any atom is -0.343 e. The van der Waals surface area contributed by atoms with Gasteiger partial charge in [-0.15, -0.1) is 0 Å². The number of rotatable bonds is 4. The van der Waals surface area contributed by atoms with Crippen LogP contribution in [0.2, 0.25) is 5.02 Å². The van der Waals surface area contributed by atoms with Crippen molar-refractivity contribution in [2.45, 2.75) is 38.0 Å². The van der Waals surface area contributed by atoms with E-state index in [1.807, 2.05) is 33.8 Å². The van der Waals surface area contributed by atoms with Gasteiger partial charge in [-0.25, -0.2) is 4.68 Å². The number of halogens is 1. The topological polar surface area (TPSA) is 64.2 Å². The molecule has 6 heteroatoms. The minimum atomic E-state index is 0.163. The first-order chi connectivity index (χ1) is 14.2. The van der Waals surface area contributed by atoms with Crippen LogP contribution in [0.15, 0.2) is 36.4 Å². The molecule has 1 saturated heterocycles. The monoisotopic (exact) mass is 410 g/mol. The maximum atomic E-state index is 12.2. The number of allylic oxidation sites excluding steroid dienone is 2. The van der Waals surface area contributed by atoms with Gasteiger partial charge in [-0.1, -0.05) is 35.9 Å². The Morgan fingerprint density at radius 3 is 2.66 bits per heavy atom. The van der Waals surface area contributed by atoms with E-state index in [0.717, 1.165) is 60.5 Å². The van der Waals surface area contributed by atoms with Gasteiger partial charge in [0.15, 0.2) is 0 Å². The molecule has 29 heavy (non-hydrogen) atoms. The molecule has 4 rings (SSSR count). The first-order valence-electron chi connectivity index (χ1n) is 10.4. The van der Waals surface area contributed by atoms with E-state index in [1.165, 1.54) is 5.22 Å². The Bertz CT molecular complexity index is 1010. The lowest BCUT2D eigenvalue weighted by Gasteiger charge is -2.31. The molecule has 1 aliphatic carbocycles. The molecule has 0 saturated carbocycles. The number of fused-ring (bicyclic) bond motifs is 1. The summed E-state index contributed by atoms with van der Waals surface area (Å²) in [5.74, 6) is 0.507. The number of likely N-dealkylation sites (tertiary alicyclic amines) is 1. The summed E-state index contributed by atoms with van der Waals surface area (Å²) in [6.45, 7) is 1.95. The molecule has 2 N–H and O–H groups in total. The van der Waals surface area contributed by atoms with Crippen LogP contribution in [0.5, 0.6) is 0 Å². The van der Waals surface area contributed by atoms with E-state index in [-0.39, 0.29) is 5.91 Å². The van der Waals surface area contributed by atoms with Gasteiger partial charge in [-0.05, 0) is 49.9 Å². The first-order valence-corrected chi connectivity index (χ1v) is 10.7. The predicted molar refractivity (Wildman–Crippen MR) is 117 cm³/mol. The minimum absolute atomic E-state index is 0.163. The van der Waals surface area contributed by atoms with Crippen molar-refractivity contribution in [3.05, 3.63) is 57.7 Å². The van der Waals surface area contributed by atoms with Crippen molar-refractivity contribution in [2.24, 2.45) is 5.73 Å². The number of carbonyl (C=O) groups is 1.